The van der Waals surface area contributed by atoms with E-state index in [0.717, 1.165) is 18.7 Å². The van der Waals surface area contributed by atoms with Crippen molar-refractivity contribution >= 4 is 17.3 Å². The maximum Gasteiger partial charge on any atom is 0.246 e. The molecule has 0 aromatic heterocycles. The fourth-order valence-electron chi connectivity index (χ4n) is 3.12. The smallest absolute Gasteiger partial charge is 0.246 e. The molecule has 0 fully saturated rings. The van der Waals surface area contributed by atoms with Crippen LogP contribution in [-0.2, 0) is 11.2 Å². The zero-order valence-electron chi connectivity index (χ0n) is 13.2. The first-order valence-corrected chi connectivity index (χ1v) is 7.89. The molecule has 1 amide bonds. The summed E-state index contributed by atoms with van der Waals surface area (Å²) in [5.41, 5.74) is 4.71. The summed E-state index contributed by atoms with van der Waals surface area (Å²) < 4.78 is 0. The summed E-state index contributed by atoms with van der Waals surface area (Å²) in [6.45, 7) is 6.14. The lowest BCUT2D eigenvalue weighted by Gasteiger charge is -2.26. The molecule has 0 aliphatic carbocycles. The van der Waals surface area contributed by atoms with Gasteiger partial charge in [-0.15, -0.1) is 0 Å². The standard InChI is InChI=1S/C19H22N2O/c1-3-21(17-9-6-7-15(2)13-17)19(22)14-20-12-11-16-8-4-5-10-18(16)20/h4-10,13H,3,11-12,14H2,1-2H3. The summed E-state index contributed by atoms with van der Waals surface area (Å²) in [6.07, 6.45) is 1.03. The van der Waals surface area contributed by atoms with Crippen LogP contribution in [0.4, 0.5) is 11.4 Å². The summed E-state index contributed by atoms with van der Waals surface area (Å²) >= 11 is 0. The number of nitrogens with zero attached hydrogens (tertiary/aromatic N) is 2. The van der Waals surface area contributed by atoms with Crippen LogP contribution in [0.25, 0.3) is 0 Å². The Hall–Kier alpha value is -2.29. The normalized spacial score (nSPS) is 13.1. The van der Waals surface area contributed by atoms with Crippen molar-refractivity contribution in [2.75, 3.05) is 29.4 Å². The Morgan fingerprint density at radius 3 is 2.77 bits per heavy atom. The second-order valence-electron chi connectivity index (χ2n) is 5.78. The molecule has 3 rings (SSSR count). The van der Waals surface area contributed by atoms with Crippen LogP contribution in [0.15, 0.2) is 48.5 Å². The molecule has 0 atom stereocenters. The van der Waals surface area contributed by atoms with E-state index < -0.39 is 0 Å². The lowest BCUT2D eigenvalue weighted by atomic mass is 10.2. The fourth-order valence-corrected chi connectivity index (χ4v) is 3.12. The molecule has 0 unspecified atom stereocenters. The number of anilines is 2. The zero-order valence-corrected chi connectivity index (χ0v) is 13.2. The van der Waals surface area contributed by atoms with E-state index in [2.05, 4.69) is 42.2 Å². The van der Waals surface area contributed by atoms with Gasteiger partial charge in [0.25, 0.3) is 0 Å². The van der Waals surface area contributed by atoms with Crippen molar-refractivity contribution in [2.24, 2.45) is 0 Å². The molecule has 3 heteroatoms. The van der Waals surface area contributed by atoms with Gasteiger partial charge in [-0.2, -0.15) is 0 Å². The van der Waals surface area contributed by atoms with Crippen LogP contribution in [0.2, 0.25) is 0 Å². The van der Waals surface area contributed by atoms with Crippen molar-refractivity contribution in [3.8, 4) is 0 Å². The molecule has 0 saturated heterocycles. The third-order valence-electron chi connectivity index (χ3n) is 4.24. The molecule has 1 aliphatic rings. The Bertz CT molecular complexity index is 681. The monoisotopic (exact) mass is 294 g/mol. The van der Waals surface area contributed by atoms with Gasteiger partial charge in [0, 0.05) is 24.5 Å². The van der Waals surface area contributed by atoms with E-state index in [1.807, 2.05) is 30.0 Å². The second kappa shape index (κ2) is 6.22. The highest BCUT2D eigenvalue weighted by atomic mass is 16.2. The summed E-state index contributed by atoms with van der Waals surface area (Å²) in [7, 11) is 0. The number of hydrogen-bond donors (Lipinski definition) is 0. The van der Waals surface area contributed by atoms with Crippen LogP contribution in [0.1, 0.15) is 18.1 Å². The highest BCUT2D eigenvalue weighted by Gasteiger charge is 2.23. The van der Waals surface area contributed by atoms with E-state index in [4.69, 9.17) is 0 Å². The molecule has 1 aliphatic heterocycles. The van der Waals surface area contributed by atoms with E-state index in [0.29, 0.717) is 13.1 Å². The van der Waals surface area contributed by atoms with Gasteiger partial charge in [0.1, 0.15) is 0 Å². The SMILES string of the molecule is CCN(C(=O)CN1CCc2ccccc21)c1cccc(C)c1. The van der Waals surface area contributed by atoms with Gasteiger partial charge in [0.15, 0.2) is 0 Å². The Morgan fingerprint density at radius 1 is 1.18 bits per heavy atom. The number of rotatable bonds is 4. The van der Waals surface area contributed by atoms with Crippen LogP contribution in [0, 0.1) is 6.92 Å². The van der Waals surface area contributed by atoms with Crippen molar-refractivity contribution in [3.63, 3.8) is 0 Å². The van der Waals surface area contributed by atoms with Crippen LogP contribution in [-0.4, -0.2) is 25.5 Å². The first-order valence-electron chi connectivity index (χ1n) is 7.89. The predicted molar refractivity (Wildman–Crippen MR) is 91.6 cm³/mol. The van der Waals surface area contributed by atoms with Crippen LogP contribution < -0.4 is 9.80 Å². The Labute approximate surface area is 132 Å². The molecular formula is C19H22N2O. The van der Waals surface area contributed by atoms with E-state index in [1.165, 1.54) is 16.8 Å². The first kappa shape index (κ1) is 14.6. The molecule has 114 valence electrons. The van der Waals surface area contributed by atoms with Gasteiger partial charge in [-0.1, -0.05) is 30.3 Å². The maximum absolute atomic E-state index is 12.7. The third kappa shape index (κ3) is 2.84. The summed E-state index contributed by atoms with van der Waals surface area (Å²) in [6, 6.07) is 16.5. The first-order chi connectivity index (χ1) is 10.7. The number of benzene rings is 2. The molecule has 2 aromatic rings. The third-order valence-corrected chi connectivity index (χ3v) is 4.24. The lowest BCUT2D eigenvalue weighted by Crippen LogP contribution is -2.40. The maximum atomic E-state index is 12.7. The fraction of sp³-hybridized carbons (Fsp3) is 0.316. The number of likely N-dealkylation sites (N-methyl/N-ethyl adjacent to an activating group) is 1. The number of para-hydroxylation sites is 1. The molecule has 0 bridgehead atoms. The highest BCUT2D eigenvalue weighted by Crippen LogP contribution is 2.27. The van der Waals surface area contributed by atoms with Gasteiger partial charge in [0.2, 0.25) is 5.91 Å². The number of fused-ring (bicyclic) bond motifs is 1. The molecule has 22 heavy (non-hydrogen) atoms. The predicted octanol–water partition coefficient (Wildman–Crippen LogP) is 3.41. The summed E-state index contributed by atoms with van der Waals surface area (Å²) in [5, 5.41) is 0. The summed E-state index contributed by atoms with van der Waals surface area (Å²) in [5.74, 6) is 0.157. The average Bonchev–Trinajstić information content (AvgIpc) is 2.91. The molecule has 0 radical (unpaired) electrons. The molecule has 0 N–H and O–H groups in total. The number of hydrogen-bond acceptors (Lipinski definition) is 2. The molecule has 0 saturated carbocycles. The molecule has 2 aromatic carbocycles. The topological polar surface area (TPSA) is 23.6 Å². The number of amides is 1. The van der Waals surface area contributed by atoms with Gasteiger partial charge < -0.3 is 9.80 Å². The van der Waals surface area contributed by atoms with Gasteiger partial charge in [-0.05, 0) is 49.6 Å². The molecule has 0 spiro atoms. The quantitative estimate of drug-likeness (QED) is 0.862. The number of carbonyl (C=O) groups is 1. The van der Waals surface area contributed by atoms with E-state index in [9.17, 15) is 4.79 Å². The van der Waals surface area contributed by atoms with Crippen molar-refractivity contribution in [1.82, 2.24) is 0 Å². The van der Waals surface area contributed by atoms with Crippen molar-refractivity contribution < 1.29 is 4.79 Å². The van der Waals surface area contributed by atoms with Gasteiger partial charge >= 0.3 is 0 Å². The van der Waals surface area contributed by atoms with Crippen molar-refractivity contribution in [1.29, 1.82) is 0 Å². The minimum atomic E-state index is 0.157. The second-order valence-corrected chi connectivity index (χ2v) is 5.78. The zero-order chi connectivity index (χ0) is 15.5. The van der Waals surface area contributed by atoms with Crippen LogP contribution in [0.3, 0.4) is 0 Å². The summed E-state index contributed by atoms with van der Waals surface area (Å²) in [4.78, 5) is 16.8. The van der Waals surface area contributed by atoms with Gasteiger partial charge in [-0.3, -0.25) is 4.79 Å². The molecular weight excluding hydrogens is 272 g/mol. The largest absolute Gasteiger partial charge is 0.362 e. The highest BCUT2D eigenvalue weighted by molar-refractivity contribution is 5.96. The van der Waals surface area contributed by atoms with E-state index >= 15 is 0 Å². The van der Waals surface area contributed by atoms with Crippen molar-refractivity contribution in [2.45, 2.75) is 20.3 Å². The van der Waals surface area contributed by atoms with Gasteiger partial charge in [0.05, 0.1) is 6.54 Å². The minimum absolute atomic E-state index is 0.157. The Morgan fingerprint density at radius 2 is 2.00 bits per heavy atom. The number of aryl methyl sites for hydroxylation is 1. The molecule has 3 nitrogen and oxygen atoms in total. The van der Waals surface area contributed by atoms with Crippen LogP contribution in [0.5, 0.6) is 0 Å². The van der Waals surface area contributed by atoms with Crippen molar-refractivity contribution in [3.05, 3.63) is 59.7 Å². The lowest BCUT2D eigenvalue weighted by molar-refractivity contribution is -0.117. The average molecular weight is 294 g/mol. The van der Waals surface area contributed by atoms with Gasteiger partial charge in [-0.25, -0.2) is 0 Å². The Kier molecular flexibility index (Phi) is 4.14. The molecule has 1 heterocycles. The van der Waals surface area contributed by atoms with Crippen LogP contribution >= 0.6 is 0 Å². The number of carbonyl (C=O) groups excluding carboxylic acids is 1. The van der Waals surface area contributed by atoms with E-state index in [-0.39, 0.29) is 5.91 Å². The van der Waals surface area contributed by atoms with E-state index in [1.54, 1.807) is 0 Å². The Balaban J connectivity index is 1.76. The minimum Gasteiger partial charge on any atom is -0.362 e.